The second-order valence-corrected chi connectivity index (χ2v) is 6.33. The van der Waals surface area contributed by atoms with E-state index in [4.69, 9.17) is 0 Å². The van der Waals surface area contributed by atoms with Crippen LogP contribution in [0.15, 0.2) is 66.9 Å². The molecule has 0 spiro atoms. The number of carbonyl (C=O) groups is 1. The molecule has 0 fully saturated rings. The van der Waals surface area contributed by atoms with Crippen LogP contribution < -0.4 is 10.6 Å². The van der Waals surface area contributed by atoms with Gasteiger partial charge in [-0.2, -0.15) is 0 Å². The number of aromatic nitrogens is 1. The summed E-state index contributed by atoms with van der Waals surface area (Å²) in [5.41, 5.74) is 2.65. The molecule has 3 rings (SSSR count). The highest BCUT2D eigenvalue weighted by atomic mass is 19.1. The molecule has 1 amide bonds. The van der Waals surface area contributed by atoms with Gasteiger partial charge in [-0.25, -0.2) is 8.78 Å². The molecule has 0 radical (unpaired) electrons. The number of benzene rings is 2. The maximum Gasteiger partial charge on any atom is 0.269 e. The van der Waals surface area contributed by atoms with Crippen molar-refractivity contribution in [2.75, 3.05) is 18.4 Å². The number of hydrogen-bond acceptors (Lipinski definition) is 3. The summed E-state index contributed by atoms with van der Waals surface area (Å²) >= 11 is 0. The quantitative estimate of drug-likeness (QED) is 0.620. The number of rotatable bonds is 8. The third kappa shape index (κ3) is 5.61. The van der Waals surface area contributed by atoms with Crippen LogP contribution in [0.4, 0.5) is 14.5 Å². The first-order valence-corrected chi connectivity index (χ1v) is 9.08. The van der Waals surface area contributed by atoms with Crippen molar-refractivity contribution in [3.8, 4) is 0 Å². The first-order chi connectivity index (χ1) is 13.6. The molecule has 0 atom stereocenters. The Morgan fingerprint density at radius 3 is 2.50 bits per heavy atom. The van der Waals surface area contributed by atoms with Gasteiger partial charge in [0.05, 0.1) is 0 Å². The fourth-order valence-electron chi connectivity index (χ4n) is 2.77. The van der Waals surface area contributed by atoms with Crippen LogP contribution in [0.5, 0.6) is 0 Å². The van der Waals surface area contributed by atoms with E-state index in [1.807, 2.05) is 0 Å². The Balaban J connectivity index is 1.48. The van der Waals surface area contributed by atoms with Crippen molar-refractivity contribution in [3.05, 3.63) is 95.3 Å². The molecule has 4 nitrogen and oxygen atoms in total. The van der Waals surface area contributed by atoms with E-state index in [-0.39, 0.29) is 17.5 Å². The molecule has 2 aromatic carbocycles. The average molecular weight is 381 g/mol. The Bertz CT molecular complexity index is 929. The summed E-state index contributed by atoms with van der Waals surface area (Å²) < 4.78 is 26.5. The first-order valence-electron chi connectivity index (χ1n) is 9.08. The van der Waals surface area contributed by atoms with Gasteiger partial charge in [0, 0.05) is 25.0 Å². The number of nitrogens with zero attached hydrogens (tertiary/aromatic N) is 1. The van der Waals surface area contributed by atoms with Crippen LogP contribution in [0.3, 0.4) is 0 Å². The molecule has 0 saturated heterocycles. The average Bonchev–Trinajstić information content (AvgIpc) is 2.71. The molecule has 144 valence electrons. The largest absolute Gasteiger partial charge is 0.385 e. The molecule has 0 aliphatic heterocycles. The molecule has 2 N–H and O–H groups in total. The lowest BCUT2D eigenvalue weighted by Crippen LogP contribution is -2.26. The van der Waals surface area contributed by atoms with Crippen molar-refractivity contribution in [2.24, 2.45) is 0 Å². The molecule has 1 heterocycles. The maximum absolute atomic E-state index is 13.6. The number of hydrogen-bond donors (Lipinski definition) is 2. The van der Waals surface area contributed by atoms with Crippen molar-refractivity contribution in [3.63, 3.8) is 0 Å². The molecule has 3 aromatic rings. The molecular formula is C22H21F2N3O. The smallest absolute Gasteiger partial charge is 0.269 e. The molecule has 28 heavy (non-hydrogen) atoms. The Kier molecular flexibility index (Phi) is 6.68. The second-order valence-electron chi connectivity index (χ2n) is 6.33. The Morgan fingerprint density at radius 2 is 1.71 bits per heavy atom. The highest BCUT2D eigenvalue weighted by molar-refractivity contribution is 5.93. The Morgan fingerprint density at radius 1 is 0.929 bits per heavy atom. The van der Waals surface area contributed by atoms with Gasteiger partial charge in [-0.15, -0.1) is 0 Å². The summed E-state index contributed by atoms with van der Waals surface area (Å²) in [4.78, 5) is 16.4. The number of carbonyl (C=O) groups excluding carboxylic acids is 1. The molecule has 0 aliphatic rings. The standard InChI is InChI=1S/C22H21F2N3O/c23-18-7-5-16(6-8-18)9-12-25-19-11-14-26-21(15-19)22(28)27-13-10-17-3-1-2-4-20(17)24/h1-8,11,14-15H,9-10,12-13H2,(H,25,26)(H,27,28). The highest BCUT2D eigenvalue weighted by Gasteiger charge is 2.08. The van der Waals surface area contributed by atoms with Crippen LogP contribution >= 0.6 is 0 Å². The fraction of sp³-hybridized carbons (Fsp3) is 0.182. The summed E-state index contributed by atoms with van der Waals surface area (Å²) in [6, 6.07) is 16.3. The number of pyridine rings is 1. The predicted octanol–water partition coefficient (Wildman–Crippen LogP) is 3.99. The molecule has 0 unspecified atom stereocenters. The summed E-state index contributed by atoms with van der Waals surface area (Å²) in [6.45, 7) is 0.966. The van der Waals surface area contributed by atoms with E-state index in [2.05, 4.69) is 15.6 Å². The van der Waals surface area contributed by atoms with Crippen molar-refractivity contribution in [1.29, 1.82) is 0 Å². The van der Waals surface area contributed by atoms with Crippen molar-refractivity contribution < 1.29 is 13.6 Å². The van der Waals surface area contributed by atoms with Gasteiger partial charge in [0.25, 0.3) is 5.91 Å². The number of nitrogens with one attached hydrogen (secondary N) is 2. The number of amides is 1. The lowest BCUT2D eigenvalue weighted by molar-refractivity contribution is 0.0949. The van der Waals surface area contributed by atoms with Gasteiger partial charge in [0.1, 0.15) is 17.3 Å². The number of halogens is 2. The normalized spacial score (nSPS) is 10.5. The van der Waals surface area contributed by atoms with Gasteiger partial charge >= 0.3 is 0 Å². The van der Waals surface area contributed by atoms with Crippen LogP contribution in [0, 0.1) is 11.6 Å². The van der Waals surface area contributed by atoms with E-state index < -0.39 is 0 Å². The second kappa shape index (κ2) is 9.60. The van der Waals surface area contributed by atoms with E-state index in [1.54, 1.807) is 48.7 Å². The molecule has 6 heteroatoms. The van der Waals surface area contributed by atoms with Gasteiger partial charge in [0.15, 0.2) is 0 Å². The van der Waals surface area contributed by atoms with Crippen LogP contribution in [0.1, 0.15) is 21.6 Å². The molecule has 1 aromatic heterocycles. The molecule has 0 aliphatic carbocycles. The Labute approximate surface area is 162 Å². The zero-order valence-electron chi connectivity index (χ0n) is 15.3. The minimum Gasteiger partial charge on any atom is -0.385 e. The number of anilines is 1. The monoisotopic (exact) mass is 381 g/mol. The SMILES string of the molecule is O=C(NCCc1ccccc1F)c1cc(NCCc2ccc(F)cc2)ccn1. The van der Waals surface area contributed by atoms with Gasteiger partial charge in [-0.1, -0.05) is 30.3 Å². The summed E-state index contributed by atoms with van der Waals surface area (Å²) in [6.07, 6.45) is 2.70. The zero-order valence-corrected chi connectivity index (χ0v) is 15.3. The third-order valence-corrected chi connectivity index (χ3v) is 4.29. The minimum absolute atomic E-state index is 0.253. The van der Waals surface area contributed by atoms with Gasteiger partial charge in [-0.3, -0.25) is 9.78 Å². The van der Waals surface area contributed by atoms with E-state index in [0.29, 0.717) is 30.8 Å². The van der Waals surface area contributed by atoms with E-state index >= 15 is 0 Å². The van der Waals surface area contributed by atoms with E-state index in [1.165, 1.54) is 18.2 Å². The van der Waals surface area contributed by atoms with Crippen LogP contribution in [-0.2, 0) is 12.8 Å². The van der Waals surface area contributed by atoms with E-state index in [9.17, 15) is 13.6 Å². The first kappa shape index (κ1) is 19.5. The zero-order chi connectivity index (χ0) is 19.8. The van der Waals surface area contributed by atoms with Crippen molar-refractivity contribution in [1.82, 2.24) is 10.3 Å². The van der Waals surface area contributed by atoms with Crippen molar-refractivity contribution >= 4 is 11.6 Å². The summed E-state index contributed by atoms with van der Waals surface area (Å²) in [5, 5.41) is 5.99. The fourth-order valence-corrected chi connectivity index (χ4v) is 2.77. The van der Waals surface area contributed by atoms with Gasteiger partial charge in [0.2, 0.25) is 0 Å². The summed E-state index contributed by atoms with van der Waals surface area (Å²) in [7, 11) is 0. The lowest BCUT2D eigenvalue weighted by Gasteiger charge is -2.09. The topological polar surface area (TPSA) is 54.0 Å². The van der Waals surface area contributed by atoms with Crippen LogP contribution in [0.25, 0.3) is 0 Å². The summed E-state index contributed by atoms with van der Waals surface area (Å²) in [5.74, 6) is -0.836. The van der Waals surface area contributed by atoms with Crippen LogP contribution in [0.2, 0.25) is 0 Å². The Hall–Kier alpha value is -3.28. The lowest BCUT2D eigenvalue weighted by atomic mass is 10.1. The third-order valence-electron chi connectivity index (χ3n) is 4.29. The molecular weight excluding hydrogens is 360 g/mol. The van der Waals surface area contributed by atoms with E-state index in [0.717, 1.165) is 17.7 Å². The predicted molar refractivity (Wildman–Crippen MR) is 105 cm³/mol. The minimum atomic E-state index is -0.307. The van der Waals surface area contributed by atoms with Gasteiger partial charge < -0.3 is 10.6 Å². The van der Waals surface area contributed by atoms with Crippen LogP contribution in [-0.4, -0.2) is 24.0 Å². The molecule has 0 bridgehead atoms. The van der Waals surface area contributed by atoms with Crippen molar-refractivity contribution in [2.45, 2.75) is 12.8 Å². The molecule has 0 saturated carbocycles. The van der Waals surface area contributed by atoms with Gasteiger partial charge in [-0.05, 0) is 54.3 Å². The maximum atomic E-state index is 13.6. The highest BCUT2D eigenvalue weighted by Crippen LogP contribution is 2.10.